The first-order chi connectivity index (χ1) is 36.7. The highest BCUT2D eigenvalue weighted by molar-refractivity contribution is 6.37. The number of benzene rings is 6. The van der Waals surface area contributed by atoms with E-state index in [1.807, 2.05) is 0 Å². The Bertz CT molecular complexity index is 3830. The highest BCUT2D eigenvalue weighted by Gasteiger charge is 2.74. The maximum Gasteiger partial charge on any atom is 0.411 e. The van der Waals surface area contributed by atoms with Crippen LogP contribution in [0, 0.1) is 6.92 Å². The summed E-state index contributed by atoms with van der Waals surface area (Å²) in [5.41, 5.74) is -25.1. The molecule has 0 radical (unpaired) electrons. The number of carboxylic acids is 1. The summed E-state index contributed by atoms with van der Waals surface area (Å²) < 4.78 is 185. The molecule has 14 nitrogen and oxygen atoms in total. The summed E-state index contributed by atoms with van der Waals surface area (Å²) >= 11 is 0. The summed E-state index contributed by atoms with van der Waals surface area (Å²) in [4.78, 5) is 121. The highest BCUT2D eigenvalue weighted by Crippen LogP contribution is 2.59. The molecule has 6 aromatic rings. The second kappa shape index (κ2) is 17.0. The lowest BCUT2D eigenvalue weighted by Gasteiger charge is -2.38. The molecule has 0 aromatic heterocycles. The van der Waals surface area contributed by atoms with E-state index >= 15 is 52.7 Å². The Morgan fingerprint density at radius 1 is 0.367 bits per heavy atom. The van der Waals surface area contributed by atoms with Crippen molar-refractivity contribution in [1.29, 1.82) is 0 Å². The lowest BCUT2D eigenvalue weighted by Crippen LogP contribution is -2.55. The number of aryl methyl sites for hydroxylation is 1. The largest absolute Gasteiger partial charge is 0.478 e. The van der Waals surface area contributed by atoms with Crippen LogP contribution in [0.15, 0.2) is 115 Å². The van der Waals surface area contributed by atoms with Crippen LogP contribution >= 0.6 is 0 Å². The molecule has 402 valence electrons. The molecule has 4 aliphatic rings. The number of hydrogen-bond donors (Lipinski definition) is 1. The average molecular weight is 1110 g/mol. The van der Waals surface area contributed by atoms with E-state index in [-0.39, 0.29) is 63.5 Å². The fourth-order valence-corrected chi connectivity index (χ4v) is 10.5. The molecule has 0 saturated carbocycles. The van der Waals surface area contributed by atoms with E-state index in [9.17, 15) is 48.3 Å². The lowest BCUT2D eigenvalue weighted by atomic mass is 9.71. The first-order valence-electron chi connectivity index (χ1n) is 22.5. The number of anilines is 3. The third-order valence-electron chi connectivity index (χ3n) is 14.1. The molecule has 4 heterocycles. The van der Waals surface area contributed by atoms with Crippen LogP contribution in [0.25, 0.3) is 0 Å². The Balaban J connectivity index is 1.00. The van der Waals surface area contributed by atoms with Crippen molar-refractivity contribution >= 4 is 70.3 Å². The number of aromatic carboxylic acids is 1. The molecule has 8 amide bonds. The van der Waals surface area contributed by atoms with Crippen molar-refractivity contribution in [1.82, 2.24) is 4.90 Å². The molecule has 0 fully saturated rings. The Morgan fingerprint density at radius 2 is 0.658 bits per heavy atom. The molecule has 6 aromatic carbocycles. The minimum absolute atomic E-state index is 0.120. The monoisotopic (exact) mass is 1110 g/mol. The van der Waals surface area contributed by atoms with E-state index in [1.54, 1.807) is 0 Å². The fourth-order valence-electron chi connectivity index (χ4n) is 10.5. The molecule has 79 heavy (non-hydrogen) atoms. The molecule has 0 spiro atoms. The van der Waals surface area contributed by atoms with Crippen molar-refractivity contribution in [3.63, 3.8) is 0 Å². The summed E-state index contributed by atoms with van der Waals surface area (Å²) in [5.74, 6) is -12.3. The summed E-state index contributed by atoms with van der Waals surface area (Å²) in [6.45, 7) is 1.38. The van der Waals surface area contributed by atoms with Gasteiger partial charge >= 0.3 is 30.7 Å². The number of amides is 8. The summed E-state index contributed by atoms with van der Waals surface area (Å²) in [5, 5.41) is 9.52. The Kier molecular flexibility index (Phi) is 11.4. The van der Waals surface area contributed by atoms with Crippen molar-refractivity contribution in [2.75, 3.05) is 21.7 Å². The van der Waals surface area contributed by atoms with Crippen molar-refractivity contribution < 1.29 is 101 Å². The Hall–Kier alpha value is -9.49. The molecule has 0 bridgehead atoms. The summed E-state index contributed by atoms with van der Waals surface area (Å²) in [6, 6.07) is 10.7. The SMILES string of the molecule is Cc1cc(C(=O)O)cc(N2C(=O)c3ccc(C(c4ccc5c(c4)C(=O)N(c4cccc(N6C(=O)c7ccc(C(c8ccc9c(c8)C(=O)N(C)C9=O)(C(F)(F)F)C(F)(F)F)cc7C6=O)c4)C5=O)(C(F)(F)F)C(F)(F)F)cc3C2=O)c1. The Morgan fingerprint density at radius 3 is 0.987 bits per heavy atom. The molecule has 0 unspecified atom stereocenters. The predicted octanol–water partition coefficient (Wildman–Crippen LogP) is 10.1. The number of carboxylic acid groups (broad SMARTS) is 1. The van der Waals surface area contributed by atoms with Gasteiger partial charge in [-0.25, -0.2) is 19.5 Å². The van der Waals surface area contributed by atoms with Gasteiger partial charge in [0.05, 0.1) is 67.1 Å². The van der Waals surface area contributed by atoms with Crippen LogP contribution in [0.2, 0.25) is 0 Å². The minimum Gasteiger partial charge on any atom is -0.478 e. The van der Waals surface area contributed by atoms with Gasteiger partial charge in [0.15, 0.2) is 0 Å². The molecular formula is C53H26F12N4O10. The fraction of sp³-hybridized carbons (Fsp3) is 0.151. The van der Waals surface area contributed by atoms with Crippen molar-refractivity contribution in [3.05, 3.63) is 193 Å². The quantitative estimate of drug-likeness (QED) is 0.114. The third kappa shape index (κ3) is 7.25. The number of halogens is 12. The zero-order valence-corrected chi connectivity index (χ0v) is 39.4. The molecule has 1 N–H and O–H groups in total. The van der Waals surface area contributed by atoms with E-state index in [1.165, 1.54) is 13.0 Å². The van der Waals surface area contributed by atoms with Gasteiger partial charge in [-0.15, -0.1) is 0 Å². The third-order valence-corrected chi connectivity index (χ3v) is 14.1. The lowest BCUT2D eigenvalue weighted by molar-refractivity contribution is -0.290. The van der Waals surface area contributed by atoms with Gasteiger partial charge in [-0.1, -0.05) is 30.3 Å². The maximum absolute atomic E-state index is 15.6. The van der Waals surface area contributed by atoms with Crippen molar-refractivity contribution in [2.45, 2.75) is 42.5 Å². The van der Waals surface area contributed by atoms with Crippen LogP contribution in [-0.2, 0) is 10.8 Å². The second-order valence-corrected chi connectivity index (χ2v) is 18.4. The van der Waals surface area contributed by atoms with Gasteiger partial charge < -0.3 is 5.11 Å². The zero-order chi connectivity index (χ0) is 57.8. The van der Waals surface area contributed by atoms with Gasteiger partial charge in [0.25, 0.3) is 47.3 Å². The first kappa shape index (κ1) is 52.9. The topological polar surface area (TPSA) is 187 Å². The van der Waals surface area contributed by atoms with Gasteiger partial charge in [-0.3, -0.25) is 43.3 Å². The van der Waals surface area contributed by atoms with Gasteiger partial charge in [0.1, 0.15) is 0 Å². The van der Waals surface area contributed by atoms with Gasteiger partial charge in [0, 0.05) is 7.05 Å². The molecule has 0 aliphatic carbocycles. The van der Waals surface area contributed by atoms with Crippen LogP contribution in [0.3, 0.4) is 0 Å². The Labute approximate surface area is 432 Å². The van der Waals surface area contributed by atoms with Gasteiger partial charge in [-0.2, -0.15) is 52.7 Å². The number of carbonyl (C=O) groups excluding carboxylic acids is 8. The number of imide groups is 4. The standard InChI is InChI=1S/C53H26F12N4O10/c1-22-14-23(47(78)79)16-30(15-22)69-43(74)34-13-9-27(20-38(34)46(69)77)49(52(60,61)62,53(63,64)65)26-8-12-33-37(19-26)45(76)68(42(33)73)29-5-3-4-28(21-29)67-41(72)32-11-7-25(18-36(32)44(67)75)48(50(54,55)56,51(57,58)59)24-6-10-31-35(17-24)40(71)66(2)39(31)70/h3-21H,1-2H3,(H,78,79). The number of carbonyl (C=O) groups is 9. The number of nitrogens with zero attached hydrogens (tertiary/aromatic N) is 4. The molecule has 4 aliphatic heterocycles. The van der Waals surface area contributed by atoms with Crippen LogP contribution in [-0.4, -0.2) is 95.0 Å². The van der Waals surface area contributed by atoms with Crippen molar-refractivity contribution in [2.24, 2.45) is 0 Å². The van der Waals surface area contributed by atoms with Crippen LogP contribution in [0.1, 0.15) is 121 Å². The van der Waals surface area contributed by atoms with E-state index in [2.05, 4.69) is 0 Å². The summed E-state index contributed by atoms with van der Waals surface area (Å²) in [6.07, 6.45) is -25.4. The average Bonchev–Trinajstić information content (AvgIpc) is 4.15. The number of hydrogen-bond acceptors (Lipinski definition) is 9. The molecule has 0 saturated heterocycles. The molecule has 26 heteroatoms. The maximum atomic E-state index is 15.6. The predicted molar refractivity (Wildman–Crippen MR) is 246 cm³/mol. The highest BCUT2D eigenvalue weighted by atomic mass is 19.4. The van der Waals surface area contributed by atoms with E-state index < -0.39 is 172 Å². The van der Waals surface area contributed by atoms with Crippen LogP contribution in [0.5, 0.6) is 0 Å². The van der Waals surface area contributed by atoms with Crippen LogP contribution in [0.4, 0.5) is 69.7 Å². The smallest absolute Gasteiger partial charge is 0.411 e. The van der Waals surface area contributed by atoms with Gasteiger partial charge in [-0.05, 0) is 120 Å². The van der Waals surface area contributed by atoms with E-state index in [0.717, 1.165) is 43.4 Å². The minimum atomic E-state index is -6.39. The number of rotatable bonds is 8. The van der Waals surface area contributed by atoms with Crippen LogP contribution < -0.4 is 14.7 Å². The van der Waals surface area contributed by atoms with E-state index in [0.29, 0.717) is 40.1 Å². The molecular weight excluding hydrogens is 1080 g/mol. The van der Waals surface area contributed by atoms with E-state index in [4.69, 9.17) is 0 Å². The summed E-state index contributed by atoms with van der Waals surface area (Å²) in [7, 11) is 0.942. The first-order valence-corrected chi connectivity index (χ1v) is 22.5. The normalized spacial score (nSPS) is 15.9. The zero-order valence-electron chi connectivity index (χ0n) is 39.4. The number of fused-ring (bicyclic) bond motifs is 4. The van der Waals surface area contributed by atoms with Gasteiger partial charge in [0.2, 0.25) is 10.8 Å². The molecule has 10 rings (SSSR count). The second-order valence-electron chi connectivity index (χ2n) is 18.4. The van der Waals surface area contributed by atoms with Crippen molar-refractivity contribution in [3.8, 4) is 0 Å². The number of alkyl halides is 12. The molecule has 0 atom stereocenters.